The van der Waals surface area contributed by atoms with Crippen molar-refractivity contribution in [1.82, 2.24) is 10.2 Å². The predicted molar refractivity (Wildman–Crippen MR) is 156 cm³/mol. The van der Waals surface area contributed by atoms with Crippen LogP contribution in [0.4, 0.5) is 0 Å². The van der Waals surface area contributed by atoms with Gasteiger partial charge in [-0.05, 0) is 93.6 Å². The molecule has 6 rings (SSSR count). The molecule has 1 saturated heterocycles. The molecule has 2 aromatic rings. The van der Waals surface area contributed by atoms with Crippen LogP contribution in [0.25, 0.3) is 5.57 Å². The van der Waals surface area contributed by atoms with Gasteiger partial charge in [-0.1, -0.05) is 54.5 Å². The minimum absolute atomic E-state index is 0.0183. The third-order valence-electron chi connectivity index (χ3n) is 8.88. The molecule has 2 aliphatic carbocycles. The Morgan fingerprint density at radius 1 is 1.05 bits per heavy atom. The summed E-state index contributed by atoms with van der Waals surface area (Å²) in [5.74, 6) is 2.57. The minimum atomic E-state index is -0.0183. The number of hydrogen-bond acceptors (Lipinski definition) is 4. The van der Waals surface area contributed by atoms with Crippen LogP contribution in [0.3, 0.4) is 0 Å². The SMILES string of the molecule is COc1cccc2c1C1=C(C(c3cccc(OCCN4CCCCC4)c3)C2)C2C(C)=CC(C)(C)NC2C=C1. The summed E-state index contributed by atoms with van der Waals surface area (Å²) in [4.78, 5) is 2.54. The molecule has 38 heavy (non-hydrogen) atoms. The van der Waals surface area contributed by atoms with Crippen LogP contribution in [-0.4, -0.2) is 49.8 Å². The smallest absolute Gasteiger partial charge is 0.126 e. The fourth-order valence-corrected chi connectivity index (χ4v) is 7.34. The van der Waals surface area contributed by atoms with Gasteiger partial charge in [0.25, 0.3) is 0 Å². The maximum Gasteiger partial charge on any atom is 0.126 e. The maximum absolute atomic E-state index is 6.32. The molecule has 3 unspecified atom stereocenters. The van der Waals surface area contributed by atoms with Crippen LogP contribution in [0.5, 0.6) is 11.5 Å². The van der Waals surface area contributed by atoms with E-state index in [-0.39, 0.29) is 11.6 Å². The lowest BCUT2D eigenvalue weighted by atomic mass is 9.64. The zero-order valence-electron chi connectivity index (χ0n) is 23.4. The summed E-state index contributed by atoms with van der Waals surface area (Å²) < 4.78 is 12.2. The van der Waals surface area contributed by atoms with E-state index in [2.05, 4.69) is 91.7 Å². The molecule has 1 N–H and O–H groups in total. The largest absolute Gasteiger partial charge is 0.496 e. The molecule has 3 atom stereocenters. The van der Waals surface area contributed by atoms with E-state index >= 15 is 0 Å². The molecule has 0 aromatic heterocycles. The summed E-state index contributed by atoms with van der Waals surface area (Å²) in [7, 11) is 1.79. The topological polar surface area (TPSA) is 33.7 Å². The Labute approximate surface area is 228 Å². The fraction of sp³-hybridized carbons (Fsp3) is 0.471. The van der Waals surface area contributed by atoms with Crippen molar-refractivity contribution in [3.63, 3.8) is 0 Å². The van der Waals surface area contributed by atoms with Crippen LogP contribution >= 0.6 is 0 Å². The number of ether oxygens (including phenoxy) is 2. The van der Waals surface area contributed by atoms with Gasteiger partial charge < -0.3 is 14.8 Å². The Morgan fingerprint density at radius 3 is 2.68 bits per heavy atom. The Morgan fingerprint density at radius 2 is 1.87 bits per heavy atom. The molecule has 2 aliphatic heterocycles. The number of hydrogen-bond donors (Lipinski definition) is 1. The molecule has 0 bridgehead atoms. The lowest BCUT2D eigenvalue weighted by Gasteiger charge is -2.46. The lowest BCUT2D eigenvalue weighted by Crippen LogP contribution is -2.53. The van der Waals surface area contributed by atoms with Crippen molar-refractivity contribution in [2.75, 3.05) is 33.4 Å². The summed E-state index contributed by atoms with van der Waals surface area (Å²) in [5, 5.41) is 3.90. The number of fused-ring (bicyclic) bond motifs is 4. The highest BCUT2D eigenvalue weighted by atomic mass is 16.5. The minimum Gasteiger partial charge on any atom is -0.496 e. The fourth-order valence-electron chi connectivity index (χ4n) is 7.34. The number of allylic oxidation sites excluding steroid dienone is 2. The highest BCUT2D eigenvalue weighted by Crippen LogP contribution is 2.52. The van der Waals surface area contributed by atoms with Crippen molar-refractivity contribution >= 4 is 5.57 Å². The summed E-state index contributed by atoms with van der Waals surface area (Å²) in [6.07, 6.45) is 12.1. The molecule has 1 fully saturated rings. The zero-order valence-corrected chi connectivity index (χ0v) is 23.4. The van der Waals surface area contributed by atoms with Gasteiger partial charge in [0.05, 0.1) is 7.11 Å². The number of benzene rings is 2. The molecule has 2 heterocycles. The van der Waals surface area contributed by atoms with E-state index in [1.54, 1.807) is 7.11 Å². The van der Waals surface area contributed by atoms with E-state index in [4.69, 9.17) is 9.47 Å². The van der Waals surface area contributed by atoms with Gasteiger partial charge in [0.1, 0.15) is 18.1 Å². The molecular weight excluding hydrogens is 468 g/mol. The third-order valence-corrected chi connectivity index (χ3v) is 8.88. The molecule has 4 aliphatic rings. The number of likely N-dealkylation sites (tertiary alicyclic amines) is 1. The standard InChI is InChI=1S/C34H42N2O2/c1-23-22-34(2,3)35-29-15-14-27-32-25(11-9-13-30(32)37-4)21-28(33(27)31(23)29)24-10-8-12-26(20-24)38-19-18-36-16-6-5-7-17-36/h8-15,20,22,28-29,31,35H,5-7,16-19,21H2,1-4H3. The van der Waals surface area contributed by atoms with Crippen molar-refractivity contribution < 1.29 is 9.47 Å². The average Bonchev–Trinajstić information content (AvgIpc) is 2.92. The summed E-state index contributed by atoms with van der Waals surface area (Å²) in [6.45, 7) is 11.0. The second-order valence-electron chi connectivity index (χ2n) is 12.1. The molecule has 4 heteroatoms. The van der Waals surface area contributed by atoms with Gasteiger partial charge in [-0.25, -0.2) is 0 Å². The van der Waals surface area contributed by atoms with Crippen molar-refractivity contribution in [3.05, 3.63) is 88.5 Å². The van der Waals surface area contributed by atoms with Gasteiger partial charge >= 0.3 is 0 Å². The molecule has 0 spiro atoms. The van der Waals surface area contributed by atoms with Crippen LogP contribution in [-0.2, 0) is 6.42 Å². The first kappa shape index (κ1) is 25.5. The van der Waals surface area contributed by atoms with Crippen molar-refractivity contribution in [2.45, 2.75) is 64.0 Å². The second-order valence-corrected chi connectivity index (χ2v) is 12.1. The van der Waals surface area contributed by atoms with Gasteiger partial charge in [-0.3, -0.25) is 4.90 Å². The van der Waals surface area contributed by atoms with E-state index in [0.29, 0.717) is 11.8 Å². The van der Waals surface area contributed by atoms with Crippen LogP contribution in [0.2, 0.25) is 0 Å². The second kappa shape index (κ2) is 10.4. The highest BCUT2D eigenvalue weighted by molar-refractivity contribution is 5.87. The molecule has 0 radical (unpaired) electrons. The first-order valence-electron chi connectivity index (χ1n) is 14.4. The quantitative estimate of drug-likeness (QED) is 0.448. The first-order chi connectivity index (χ1) is 18.4. The van der Waals surface area contributed by atoms with E-state index < -0.39 is 0 Å². The first-order valence-corrected chi connectivity index (χ1v) is 14.4. The predicted octanol–water partition coefficient (Wildman–Crippen LogP) is 6.54. The van der Waals surface area contributed by atoms with Crippen LogP contribution in [0.1, 0.15) is 62.6 Å². The van der Waals surface area contributed by atoms with Crippen molar-refractivity contribution in [3.8, 4) is 11.5 Å². The van der Waals surface area contributed by atoms with Gasteiger partial charge in [-0.15, -0.1) is 0 Å². The number of piperidine rings is 1. The Balaban J connectivity index is 1.36. The third kappa shape index (κ3) is 4.85. The van der Waals surface area contributed by atoms with Crippen molar-refractivity contribution in [1.29, 1.82) is 0 Å². The summed E-state index contributed by atoms with van der Waals surface area (Å²) in [5.41, 5.74) is 8.24. The van der Waals surface area contributed by atoms with E-state index in [0.717, 1.165) is 31.1 Å². The van der Waals surface area contributed by atoms with Crippen molar-refractivity contribution in [2.24, 2.45) is 5.92 Å². The van der Waals surface area contributed by atoms with Gasteiger partial charge in [0.15, 0.2) is 0 Å². The van der Waals surface area contributed by atoms with Gasteiger partial charge in [0, 0.05) is 35.5 Å². The number of nitrogens with one attached hydrogen (secondary N) is 1. The maximum atomic E-state index is 6.32. The van der Waals surface area contributed by atoms with E-state index in [9.17, 15) is 0 Å². The van der Waals surface area contributed by atoms with Crippen LogP contribution in [0, 0.1) is 5.92 Å². The Hall–Kier alpha value is -2.82. The summed E-state index contributed by atoms with van der Waals surface area (Å²) in [6, 6.07) is 15.7. The normalized spacial score (nSPS) is 26.2. The molecule has 0 amide bonds. The Bertz CT molecular complexity index is 1280. The zero-order chi connectivity index (χ0) is 26.3. The summed E-state index contributed by atoms with van der Waals surface area (Å²) >= 11 is 0. The van der Waals surface area contributed by atoms with Crippen LogP contribution < -0.4 is 14.8 Å². The molecule has 4 nitrogen and oxygen atoms in total. The van der Waals surface area contributed by atoms with E-state index in [1.165, 1.54) is 65.8 Å². The molecule has 200 valence electrons. The molecular formula is C34H42N2O2. The lowest BCUT2D eigenvalue weighted by molar-refractivity contribution is 0.183. The van der Waals surface area contributed by atoms with Gasteiger partial charge in [-0.2, -0.15) is 0 Å². The van der Waals surface area contributed by atoms with Gasteiger partial charge in [0.2, 0.25) is 0 Å². The number of nitrogens with zero attached hydrogens (tertiary/aromatic N) is 1. The number of methoxy groups -OCH3 is 1. The average molecular weight is 511 g/mol. The molecule has 2 aromatic carbocycles. The molecule has 0 saturated carbocycles. The number of rotatable bonds is 6. The van der Waals surface area contributed by atoms with E-state index in [1.807, 2.05) is 0 Å². The van der Waals surface area contributed by atoms with Crippen LogP contribution in [0.15, 0.2) is 71.8 Å². The monoisotopic (exact) mass is 510 g/mol. The Kier molecular flexibility index (Phi) is 6.96. The highest BCUT2D eigenvalue weighted by Gasteiger charge is 2.42.